The van der Waals surface area contributed by atoms with Crippen LogP contribution in [0.15, 0.2) is 17.8 Å². The van der Waals surface area contributed by atoms with Crippen LogP contribution in [0.3, 0.4) is 0 Å². The van der Waals surface area contributed by atoms with Crippen molar-refractivity contribution >= 4 is 33.3 Å². The van der Waals surface area contributed by atoms with E-state index in [-0.39, 0.29) is 0 Å². The summed E-state index contributed by atoms with van der Waals surface area (Å²) in [5.41, 5.74) is 0. The predicted molar refractivity (Wildman–Crippen MR) is 101 cm³/mol. The molecule has 2 aromatic rings. The highest BCUT2D eigenvalue weighted by atomic mass is 32.1. The molecule has 0 spiro atoms. The van der Waals surface area contributed by atoms with Crippen molar-refractivity contribution in [2.24, 2.45) is 0 Å². The van der Waals surface area contributed by atoms with E-state index in [0.717, 1.165) is 61.6 Å². The van der Waals surface area contributed by atoms with Gasteiger partial charge in [0.25, 0.3) is 0 Å². The smallest absolute Gasteiger partial charge is 0.236 e. The fourth-order valence-electron chi connectivity index (χ4n) is 3.90. The molecular formula is C18H25N5OS. The molecule has 0 aliphatic carbocycles. The Hall–Kier alpha value is -1.73. The van der Waals surface area contributed by atoms with E-state index in [1.54, 1.807) is 17.7 Å². The van der Waals surface area contributed by atoms with Gasteiger partial charge in [0, 0.05) is 38.8 Å². The number of fused-ring (bicyclic) bond motifs is 1. The zero-order valence-electron chi connectivity index (χ0n) is 14.7. The summed E-state index contributed by atoms with van der Waals surface area (Å²) in [5.74, 6) is 1.32. The largest absolute Gasteiger partial charge is 0.353 e. The lowest BCUT2D eigenvalue weighted by Crippen LogP contribution is -2.52. The van der Waals surface area contributed by atoms with Gasteiger partial charge in [0.2, 0.25) is 5.91 Å². The van der Waals surface area contributed by atoms with Crippen LogP contribution >= 0.6 is 11.3 Å². The highest BCUT2D eigenvalue weighted by Gasteiger charge is 2.26. The molecular weight excluding hydrogens is 334 g/mol. The Morgan fingerprint density at radius 1 is 1.20 bits per heavy atom. The quantitative estimate of drug-likeness (QED) is 0.841. The maximum Gasteiger partial charge on any atom is 0.236 e. The molecule has 2 aromatic heterocycles. The summed E-state index contributed by atoms with van der Waals surface area (Å²) < 4.78 is 0. The van der Waals surface area contributed by atoms with Crippen molar-refractivity contribution in [2.45, 2.75) is 32.2 Å². The van der Waals surface area contributed by atoms with Crippen molar-refractivity contribution in [3.05, 3.63) is 17.8 Å². The second-order valence-corrected chi connectivity index (χ2v) is 7.93. The number of carbonyl (C=O) groups is 1. The topological polar surface area (TPSA) is 52.6 Å². The van der Waals surface area contributed by atoms with E-state index in [0.29, 0.717) is 18.5 Å². The number of hydrogen-bond donors (Lipinski definition) is 0. The third-order valence-corrected chi connectivity index (χ3v) is 6.22. The summed E-state index contributed by atoms with van der Waals surface area (Å²) in [6, 6.07) is 2.50. The maximum atomic E-state index is 12.6. The molecule has 0 N–H and O–H groups in total. The normalized spacial score (nSPS) is 22.5. The minimum Gasteiger partial charge on any atom is -0.353 e. The van der Waals surface area contributed by atoms with Crippen LogP contribution in [0.4, 0.5) is 5.82 Å². The van der Waals surface area contributed by atoms with Gasteiger partial charge in [-0.05, 0) is 37.6 Å². The molecule has 2 aliphatic heterocycles. The van der Waals surface area contributed by atoms with E-state index in [9.17, 15) is 4.79 Å². The standard InChI is InChI=1S/C18H25N5OS/c1-14-4-2-3-6-23(14)16(24)12-21-7-9-22(10-8-21)17-15-5-11-25-18(15)20-13-19-17/h5,11,13-14H,2-4,6-10,12H2,1H3. The van der Waals surface area contributed by atoms with E-state index in [1.165, 1.54) is 6.42 Å². The summed E-state index contributed by atoms with van der Waals surface area (Å²) in [5, 5.41) is 3.21. The molecule has 2 aliphatic rings. The Labute approximate surface area is 152 Å². The first-order chi connectivity index (χ1) is 12.2. The highest BCUT2D eigenvalue weighted by Crippen LogP contribution is 2.27. The summed E-state index contributed by atoms with van der Waals surface area (Å²) in [6.07, 6.45) is 5.19. The molecule has 0 radical (unpaired) electrons. The number of nitrogens with zero attached hydrogens (tertiary/aromatic N) is 5. The lowest BCUT2D eigenvalue weighted by molar-refractivity contribution is -0.135. The maximum absolute atomic E-state index is 12.6. The van der Waals surface area contributed by atoms with E-state index in [2.05, 4.69) is 43.0 Å². The number of hydrogen-bond acceptors (Lipinski definition) is 6. The fourth-order valence-corrected chi connectivity index (χ4v) is 4.62. The molecule has 4 heterocycles. The van der Waals surface area contributed by atoms with E-state index >= 15 is 0 Å². The van der Waals surface area contributed by atoms with E-state index in [4.69, 9.17) is 0 Å². The third kappa shape index (κ3) is 3.48. The molecule has 4 rings (SSSR count). The second kappa shape index (κ2) is 7.25. The predicted octanol–water partition coefficient (Wildman–Crippen LogP) is 2.21. The number of piperidine rings is 1. The number of aromatic nitrogens is 2. The van der Waals surface area contributed by atoms with Crippen molar-refractivity contribution in [3.63, 3.8) is 0 Å². The highest BCUT2D eigenvalue weighted by molar-refractivity contribution is 7.16. The number of thiophene rings is 1. The van der Waals surface area contributed by atoms with Crippen molar-refractivity contribution in [1.29, 1.82) is 0 Å². The minimum absolute atomic E-state index is 0.294. The van der Waals surface area contributed by atoms with Crippen molar-refractivity contribution in [1.82, 2.24) is 19.8 Å². The molecule has 0 aromatic carbocycles. The first-order valence-electron chi connectivity index (χ1n) is 9.17. The van der Waals surface area contributed by atoms with Gasteiger partial charge in [0.15, 0.2) is 0 Å². The molecule has 134 valence electrons. The number of carbonyl (C=O) groups excluding carboxylic acids is 1. The number of amides is 1. The van der Waals surface area contributed by atoms with E-state index in [1.807, 2.05) is 0 Å². The summed E-state index contributed by atoms with van der Waals surface area (Å²) in [6.45, 7) is 7.28. The molecule has 1 atom stereocenters. The van der Waals surface area contributed by atoms with Crippen molar-refractivity contribution in [3.8, 4) is 0 Å². The van der Waals surface area contributed by atoms with Gasteiger partial charge in [-0.15, -0.1) is 11.3 Å². The summed E-state index contributed by atoms with van der Waals surface area (Å²) in [4.78, 5) is 29.2. The number of rotatable bonds is 3. The minimum atomic E-state index is 0.294. The fraction of sp³-hybridized carbons (Fsp3) is 0.611. The van der Waals surface area contributed by atoms with E-state index < -0.39 is 0 Å². The van der Waals surface area contributed by atoms with Gasteiger partial charge in [0.05, 0.1) is 11.9 Å². The molecule has 25 heavy (non-hydrogen) atoms. The van der Waals surface area contributed by atoms with Gasteiger partial charge in [-0.2, -0.15) is 0 Å². The monoisotopic (exact) mass is 359 g/mol. The lowest BCUT2D eigenvalue weighted by Gasteiger charge is -2.38. The lowest BCUT2D eigenvalue weighted by atomic mass is 10.0. The number of anilines is 1. The molecule has 6 nitrogen and oxygen atoms in total. The van der Waals surface area contributed by atoms with Crippen molar-refractivity contribution in [2.75, 3.05) is 44.2 Å². The first-order valence-corrected chi connectivity index (χ1v) is 10.1. The Morgan fingerprint density at radius 2 is 2.04 bits per heavy atom. The molecule has 1 unspecified atom stereocenters. The SMILES string of the molecule is CC1CCCCN1C(=O)CN1CCN(c2ncnc3sccc23)CC1. The zero-order chi connectivity index (χ0) is 17.2. The molecule has 0 bridgehead atoms. The van der Waals surface area contributed by atoms with Crippen molar-refractivity contribution < 1.29 is 4.79 Å². The molecule has 7 heteroatoms. The van der Waals surface area contributed by atoms with Gasteiger partial charge in [-0.25, -0.2) is 9.97 Å². The van der Waals surface area contributed by atoms with Gasteiger partial charge >= 0.3 is 0 Å². The summed E-state index contributed by atoms with van der Waals surface area (Å²) >= 11 is 1.65. The Balaban J connectivity index is 1.35. The van der Waals surface area contributed by atoms with Crippen LogP contribution in [0, 0.1) is 0 Å². The molecule has 0 saturated carbocycles. The van der Waals surface area contributed by atoms with Gasteiger partial charge in [-0.3, -0.25) is 9.69 Å². The van der Waals surface area contributed by atoms with Crippen LogP contribution < -0.4 is 4.90 Å². The van der Waals surface area contributed by atoms with Crippen LogP contribution in [0.2, 0.25) is 0 Å². The van der Waals surface area contributed by atoms with Gasteiger partial charge in [-0.1, -0.05) is 0 Å². The van der Waals surface area contributed by atoms with Crippen LogP contribution in [0.5, 0.6) is 0 Å². The van der Waals surface area contributed by atoms with Crippen LogP contribution in [-0.4, -0.2) is 71.0 Å². The average Bonchev–Trinajstić information content (AvgIpc) is 3.11. The number of likely N-dealkylation sites (tertiary alicyclic amines) is 1. The molecule has 2 saturated heterocycles. The van der Waals surface area contributed by atoms with Gasteiger partial charge < -0.3 is 9.80 Å². The summed E-state index contributed by atoms with van der Waals surface area (Å²) in [7, 11) is 0. The molecule has 2 fully saturated rings. The van der Waals surface area contributed by atoms with Gasteiger partial charge in [0.1, 0.15) is 17.0 Å². The first kappa shape index (κ1) is 16.7. The Kier molecular flexibility index (Phi) is 4.85. The second-order valence-electron chi connectivity index (χ2n) is 7.03. The Morgan fingerprint density at radius 3 is 2.84 bits per heavy atom. The van der Waals surface area contributed by atoms with Crippen LogP contribution in [0.1, 0.15) is 26.2 Å². The van der Waals surface area contributed by atoms with Crippen LogP contribution in [0.25, 0.3) is 10.2 Å². The zero-order valence-corrected chi connectivity index (χ0v) is 15.5. The molecule has 1 amide bonds. The Bertz CT molecular complexity index is 740. The van der Waals surface area contributed by atoms with Crippen LogP contribution in [-0.2, 0) is 4.79 Å². The average molecular weight is 359 g/mol. The number of piperazine rings is 1. The third-order valence-electron chi connectivity index (χ3n) is 5.39.